The van der Waals surface area contributed by atoms with Crippen LogP contribution in [0.25, 0.3) is 6.08 Å². The van der Waals surface area contributed by atoms with Gasteiger partial charge in [0.25, 0.3) is 0 Å². The van der Waals surface area contributed by atoms with Crippen molar-refractivity contribution in [3.8, 4) is 0 Å². The van der Waals surface area contributed by atoms with Crippen LogP contribution in [0.4, 0.5) is 0 Å². The molecule has 0 aliphatic heterocycles. The molecule has 1 amide bonds. The fraction of sp³-hybridized carbons (Fsp3) is 0.588. The topological polar surface area (TPSA) is 62.5 Å². The van der Waals surface area contributed by atoms with Crippen LogP contribution < -0.4 is 5.32 Å². The molecular weight excluding hydrogens is 266 g/mol. The first-order valence-corrected chi connectivity index (χ1v) is 7.58. The van der Waals surface area contributed by atoms with Crippen LogP contribution in [0.1, 0.15) is 51.1 Å². The van der Waals surface area contributed by atoms with Gasteiger partial charge in [-0.05, 0) is 42.4 Å². The Morgan fingerprint density at radius 2 is 2.24 bits per heavy atom. The molecule has 0 spiro atoms. The van der Waals surface area contributed by atoms with Crippen LogP contribution in [0.5, 0.6) is 0 Å². The minimum Gasteiger partial charge on any atom is -0.461 e. The van der Waals surface area contributed by atoms with Gasteiger partial charge in [0.05, 0.1) is 0 Å². The Hall–Kier alpha value is -1.55. The Kier molecular flexibility index (Phi) is 4.88. The summed E-state index contributed by atoms with van der Waals surface area (Å²) in [6, 6.07) is 3.90. The molecule has 2 N–H and O–H groups in total. The molecule has 1 heterocycles. The van der Waals surface area contributed by atoms with Crippen molar-refractivity contribution < 1.29 is 14.3 Å². The summed E-state index contributed by atoms with van der Waals surface area (Å²) >= 11 is 0. The molecule has 0 aromatic carbocycles. The summed E-state index contributed by atoms with van der Waals surface area (Å²) in [6.45, 7) is 6.92. The molecule has 0 saturated heterocycles. The Bertz CT molecular complexity index is 516. The lowest BCUT2D eigenvalue weighted by molar-refractivity contribution is -0.116. The van der Waals surface area contributed by atoms with Crippen LogP contribution >= 0.6 is 0 Å². The number of aliphatic hydroxyl groups excluding tert-OH is 1. The third-order valence-electron chi connectivity index (χ3n) is 4.05. The molecule has 1 aromatic heterocycles. The standard InChI is InChI=1S/C17H25NO3/c1-12-10-14(12)15-6-4-13(21-15)5-7-16(20)18-11-17(2,3)8-9-19/h4-7,12,14,19H,8-11H2,1-3H3,(H,18,20)/b7-5+. The Morgan fingerprint density at radius 3 is 2.86 bits per heavy atom. The third-order valence-corrected chi connectivity index (χ3v) is 4.05. The second-order valence-corrected chi connectivity index (χ2v) is 6.75. The zero-order chi connectivity index (χ0) is 15.5. The number of hydrogen-bond acceptors (Lipinski definition) is 3. The fourth-order valence-electron chi connectivity index (χ4n) is 2.31. The van der Waals surface area contributed by atoms with Crippen LogP contribution in [0.3, 0.4) is 0 Å². The predicted octanol–water partition coefficient (Wildman–Crippen LogP) is 2.94. The van der Waals surface area contributed by atoms with Gasteiger partial charge in [0.1, 0.15) is 11.5 Å². The lowest BCUT2D eigenvalue weighted by Crippen LogP contribution is -2.33. The van der Waals surface area contributed by atoms with Crippen molar-refractivity contribution in [1.29, 1.82) is 0 Å². The third kappa shape index (κ3) is 4.74. The zero-order valence-corrected chi connectivity index (χ0v) is 13.1. The van der Waals surface area contributed by atoms with E-state index in [1.54, 1.807) is 6.08 Å². The molecule has 2 unspecified atom stereocenters. The van der Waals surface area contributed by atoms with Crippen molar-refractivity contribution in [2.45, 2.75) is 39.5 Å². The smallest absolute Gasteiger partial charge is 0.244 e. The first-order chi connectivity index (χ1) is 9.91. The average molecular weight is 291 g/mol. The van der Waals surface area contributed by atoms with Gasteiger partial charge in [0, 0.05) is 25.1 Å². The number of amides is 1. The first kappa shape index (κ1) is 15.8. The molecule has 21 heavy (non-hydrogen) atoms. The highest BCUT2D eigenvalue weighted by Crippen LogP contribution is 2.47. The van der Waals surface area contributed by atoms with Gasteiger partial charge in [-0.3, -0.25) is 4.79 Å². The number of rotatable bonds is 7. The van der Waals surface area contributed by atoms with Crippen LogP contribution in [0.15, 0.2) is 22.6 Å². The minimum atomic E-state index is -0.140. The number of furan rings is 1. The van der Waals surface area contributed by atoms with Crippen molar-refractivity contribution in [2.75, 3.05) is 13.2 Å². The molecule has 2 rings (SSSR count). The van der Waals surface area contributed by atoms with Crippen LogP contribution in [0.2, 0.25) is 0 Å². The molecule has 1 aliphatic carbocycles. The van der Waals surface area contributed by atoms with Crippen LogP contribution in [-0.2, 0) is 4.79 Å². The monoisotopic (exact) mass is 291 g/mol. The first-order valence-electron chi connectivity index (χ1n) is 7.58. The zero-order valence-electron chi connectivity index (χ0n) is 13.1. The summed E-state index contributed by atoms with van der Waals surface area (Å²) in [4.78, 5) is 11.8. The lowest BCUT2D eigenvalue weighted by atomic mass is 9.90. The molecule has 2 atom stereocenters. The summed E-state index contributed by atoms with van der Waals surface area (Å²) in [7, 11) is 0. The maximum absolute atomic E-state index is 11.8. The second kappa shape index (κ2) is 6.48. The summed E-state index contributed by atoms with van der Waals surface area (Å²) in [6.07, 6.45) is 5.05. The van der Waals surface area contributed by atoms with E-state index in [0.29, 0.717) is 30.6 Å². The molecule has 1 fully saturated rings. The van der Waals surface area contributed by atoms with Crippen molar-refractivity contribution in [2.24, 2.45) is 11.3 Å². The summed E-state index contributed by atoms with van der Waals surface area (Å²) < 4.78 is 5.71. The van der Waals surface area contributed by atoms with Crippen LogP contribution in [-0.4, -0.2) is 24.2 Å². The van der Waals surface area contributed by atoms with Gasteiger partial charge in [-0.2, -0.15) is 0 Å². The van der Waals surface area contributed by atoms with E-state index in [9.17, 15) is 4.79 Å². The van der Waals surface area contributed by atoms with Gasteiger partial charge in [-0.25, -0.2) is 0 Å². The highest BCUT2D eigenvalue weighted by Gasteiger charge is 2.36. The molecule has 0 radical (unpaired) electrons. The highest BCUT2D eigenvalue weighted by atomic mass is 16.3. The van der Waals surface area contributed by atoms with E-state index in [2.05, 4.69) is 12.2 Å². The number of carbonyl (C=O) groups excluding carboxylic acids is 1. The Balaban J connectivity index is 1.80. The van der Waals surface area contributed by atoms with Crippen LogP contribution in [0, 0.1) is 11.3 Å². The second-order valence-electron chi connectivity index (χ2n) is 6.75. The maximum atomic E-state index is 11.8. The molecule has 1 saturated carbocycles. The number of nitrogens with one attached hydrogen (secondary N) is 1. The number of aliphatic hydroxyl groups is 1. The molecule has 4 nitrogen and oxygen atoms in total. The van der Waals surface area contributed by atoms with Crippen molar-refractivity contribution in [3.05, 3.63) is 29.7 Å². The van der Waals surface area contributed by atoms with E-state index < -0.39 is 0 Å². The summed E-state index contributed by atoms with van der Waals surface area (Å²) in [5.74, 6) is 2.87. The lowest BCUT2D eigenvalue weighted by Gasteiger charge is -2.23. The molecule has 116 valence electrons. The molecular formula is C17H25NO3. The number of carbonyl (C=O) groups is 1. The fourth-order valence-corrected chi connectivity index (χ4v) is 2.31. The van der Waals surface area contributed by atoms with Gasteiger partial charge < -0.3 is 14.8 Å². The van der Waals surface area contributed by atoms with Gasteiger partial charge in [-0.15, -0.1) is 0 Å². The van der Waals surface area contributed by atoms with E-state index in [-0.39, 0.29) is 17.9 Å². The van der Waals surface area contributed by atoms with E-state index >= 15 is 0 Å². The van der Waals surface area contributed by atoms with Gasteiger partial charge >= 0.3 is 0 Å². The molecule has 1 aliphatic rings. The van der Waals surface area contributed by atoms with E-state index in [1.165, 1.54) is 12.5 Å². The molecule has 0 bridgehead atoms. The van der Waals surface area contributed by atoms with Crippen molar-refractivity contribution in [1.82, 2.24) is 5.32 Å². The largest absolute Gasteiger partial charge is 0.461 e. The van der Waals surface area contributed by atoms with E-state index in [4.69, 9.17) is 9.52 Å². The Labute approximate surface area is 126 Å². The van der Waals surface area contributed by atoms with Gasteiger partial charge in [0.2, 0.25) is 5.91 Å². The molecule has 1 aromatic rings. The summed E-state index contributed by atoms with van der Waals surface area (Å²) in [5.41, 5.74) is -0.0990. The predicted molar refractivity (Wildman–Crippen MR) is 82.8 cm³/mol. The minimum absolute atomic E-state index is 0.0990. The van der Waals surface area contributed by atoms with Gasteiger partial charge in [-0.1, -0.05) is 20.8 Å². The number of hydrogen-bond donors (Lipinski definition) is 2. The Morgan fingerprint density at radius 1 is 1.52 bits per heavy atom. The van der Waals surface area contributed by atoms with E-state index in [0.717, 1.165) is 5.76 Å². The average Bonchev–Trinajstić information content (AvgIpc) is 2.97. The normalized spacial score (nSPS) is 21.7. The van der Waals surface area contributed by atoms with E-state index in [1.807, 2.05) is 26.0 Å². The van der Waals surface area contributed by atoms with Crippen molar-refractivity contribution >= 4 is 12.0 Å². The summed E-state index contributed by atoms with van der Waals surface area (Å²) in [5, 5.41) is 11.8. The highest BCUT2D eigenvalue weighted by molar-refractivity contribution is 5.91. The van der Waals surface area contributed by atoms with Gasteiger partial charge in [0.15, 0.2) is 0 Å². The van der Waals surface area contributed by atoms with Crippen molar-refractivity contribution in [3.63, 3.8) is 0 Å². The SMILES string of the molecule is CC1CC1c1ccc(/C=C/C(=O)NCC(C)(C)CCO)o1. The molecule has 4 heteroatoms. The maximum Gasteiger partial charge on any atom is 0.244 e. The quantitative estimate of drug-likeness (QED) is 0.759.